The maximum absolute atomic E-state index is 8.91. The average Bonchev–Trinajstić information content (AvgIpc) is 2.73. The zero-order chi connectivity index (χ0) is 10.7. The Balaban J connectivity index is 2.24. The van der Waals surface area contributed by atoms with Crippen LogP contribution in [0.4, 0.5) is 11.4 Å². The van der Waals surface area contributed by atoms with Crippen molar-refractivity contribution in [3.63, 3.8) is 0 Å². The monoisotopic (exact) mass is 201 g/mol. The van der Waals surface area contributed by atoms with Crippen molar-refractivity contribution >= 4 is 17.3 Å². The second-order valence-electron chi connectivity index (χ2n) is 3.20. The molecule has 0 aromatic heterocycles. The molecule has 0 amide bonds. The summed E-state index contributed by atoms with van der Waals surface area (Å²) < 4.78 is 0. The topological polar surface area (TPSA) is 86.2 Å². The van der Waals surface area contributed by atoms with Crippen LogP contribution in [0.5, 0.6) is 0 Å². The van der Waals surface area contributed by atoms with Gasteiger partial charge in [-0.3, -0.25) is 4.99 Å². The largest absolute Gasteiger partial charge is 0.399 e. The van der Waals surface area contributed by atoms with Crippen LogP contribution in [-0.4, -0.2) is 19.0 Å². The average molecular weight is 201 g/mol. The molecule has 4 N–H and O–H groups in total. The van der Waals surface area contributed by atoms with Crippen molar-refractivity contribution in [2.24, 2.45) is 4.99 Å². The number of nitrogens with zero attached hydrogens (tertiary/aromatic N) is 2. The molecule has 0 fully saturated rings. The van der Waals surface area contributed by atoms with Crippen LogP contribution in [-0.2, 0) is 0 Å². The summed E-state index contributed by atoms with van der Waals surface area (Å²) in [7, 11) is 0. The number of benzene rings is 1. The van der Waals surface area contributed by atoms with Gasteiger partial charge in [0.2, 0.25) is 0 Å². The minimum absolute atomic E-state index is 0.520. The van der Waals surface area contributed by atoms with Crippen LogP contribution < -0.4 is 16.4 Å². The molecule has 15 heavy (non-hydrogen) atoms. The molecule has 0 radical (unpaired) electrons. The van der Waals surface area contributed by atoms with E-state index in [1.165, 1.54) is 0 Å². The number of aliphatic imine (C=N–C) groups is 1. The summed E-state index contributed by atoms with van der Waals surface area (Å²) in [6.45, 7) is 1.60. The van der Waals surface area contributed by atoms with Crippen molar-refractivity contribution < 1.29 is 0 Å². The normalized spacial score (nSPS) is 13.9. The molecule has 0 atom stereocenters. The molecule has 0 bridgehead atoms. The Kier molecular flexibility index (Phi) is 2.42. The highest BCUT2D eigenvalue weighted by Gasteiger charge is 2.08. The fourth-order valence-corrected chi connectivity index (χ4v) is 1.37. The quantitative estimate of drug-likeness (QED) is 0.578. The van der Waals surface area contributed by atoms with Crippen molar-refractivity contribution in [3.05, 3.63) is 23.8 Å². The number of nitrogen functional groups attached to an aromatic ring is 1. The number of hydrogen-bond acceptors (Lipinski definition) is 5. The summed E-state index contributed by atoms with van der Waals surface area (Å²) >= 11 is 0. The van der Waals surface area contributed by atoms with Gasteiger partial charge < -0.3 is 16.4 Å². The zero-order valence-corrected chi connectivity index (χ0v) is 8.12. The molecule has 1 heterocycles. The molecule has 1 aliphatic rings. The molecule has 0 saturated heterocycles. The Morgan fingerprint density at radius 2 is 2.40 bits per heavy atom. The van der Waals surface area contributed by atoms with E-state index in [9.17, 15) is 0 Å². The molecule has 2 rings (SSSR count). The predicted molar refractivity (Wildman–Crippen MR) is 59.5 cm³/mol. The number of nitriles is 1. The first kappa shape index (κ1) is 9.34. The second-order valence-corrected chi connectivity index (χ2v) is 3.20. The van der Waals surface area contributed by atoms with Crippen molar-refractivity contribution in [2.45, 2.75) is 0 Å². The summed E-state index contributed by atoms with van der Waals surface area (Å²) in [5.74, 6) is 0.705. The lowest BCUT2D eigenvalue weighted by Gasteiger charge is -2.08. The Bertz CT molecular complexity index is 444. The highest BCUT2D eigenvalue weighted by molar-refractivity contribution is 5.95. The molecule has 76 valence electrons. The Morgan fingerprint density at radius 1 is 1.53 bits per heavy atom. The van der Waals surface area contributed by atoms with E-state index >= 15 is 0 Å². The number of rotatable bonds is 1. The third-order valence-corrected chi connectivity index (χ3v) is 2.09. The van der Waals surface area contributed by atoms with Crippen molar-refractivity contribution in [1.82, 2.24) is 5.32 Å². The number of anilines is 2. The Morgan fingerprint density at radius 3 is 3.07 bits per heavy atom. The highest BCUT2D eigenvalue weighted by atomic mass is 15.2. The second kappa shape index (κ2) is 3.88. The number of nitrogens with two attached hydrogens (primary N) is 1. The fourth-order valence-electron chi connectivity index (χ4n) is 1.37. The summed E-state index contributed by atoms with van der Waals surface area (Å²) in [6, 6.07) is 7.24. The third kappa shape index (κ3) is 1.99. The molecule has 0 spiro atoms. The first-order valence-electron chi connectivity index (χ1n) is 4.64. The standard InChI is InChI=1S/C10H11N5/c11-6-7-5-8(12)1-2-9(7)15-10-13-3-4-14-10/h1-2,5H,3-4,12H2,(H2,13,14,15). The van der Waals surface area contributed by atoms with E-state index < -0.39 is 0 Å². The smallest absolute Gasteiger partial charge is 0.195 e. The zero-order valence-electron chi connectivity index (χ0n) is 8.12. The van der Waals surface area contributed by atoms with E-state index in [4.69, 9.17) is 11.0 Å². The van der Waals surface area contributed by atoms with Crippen LogP contribution in [0.3, 0.4) is 0 Å². The molecule has 5 nitrogen and oxygen atoms in total. The van der Waals surface area contributed by atoms with E-state index in [1.807, 2.05) is 0 Å². The lowest BCUT2D eigenvalue weighted by molar-refractivity contribution is 0.959. The van der Waals surface area contributed by atoms with Gasteiger partial charge in [0, 0.05) is 12.2 Å². The van der Waals surface area contributed by atoms with Crippen LogP contribution >= 0.6 is 0 Å². The minimum Gasteiger partial charge on any atom is -0.399 e. The summed E-state index contributed by atoms with van der Waals surface area (Å²) in [6.07, 6.45) is 0. The Hall–Kier alpha value is -2.22. The van der Waals surface area contributed by atoms with Crippen molar-refractivity contribution in [2.75, 3.05) is 24.1 Å². The van der Waals surface area contributed by atoms with Crippen LogP contribution in [0, 0.1) is 11.3 Å². The molecule has 1 aromatic rings. The van der Waals surface area contributed by atoms with E-state index in [2.05, 4.69) is 21.7 Å². The minimum atomic E-state index is 0.520. The molecule has 0 unspecified atom stereocenters. The molecule has 1 aromatic carbocycles. The van der Waals surface area contributed by atoms with Gasteiger partial charge in [-0.05, 0) is 18.2 Å². The lowest BCUT2D eigenvalue weighted by Crippen LogP contribution is -2.26. The van der Waals surface area contributed by atoms with Crippen LogP contribution in [0.1, 0.15) is 5.56 Å². The van der Waals surface area contributed by atoms with Gasteiger partial charge in [-0.2, -0.15) is 5.26 Å². The Labute approximate surface area is 87.6 Å². The van der Waals surface area contributed by atoms with E-state index in [-0.39, 0.29) is 0 Å². The highest BCUT2D eigenvalue weighted by Crippen LogP contribution is 2.17. The van der Waals surface area contributed by atoms with Crippen molar-refractivity contribution in [3.8, 4) is 6.07 Å². The third-order valence-electron chi connectivity index (χ3n) is 2.09. The maximum Gasteiger partial charge on any atom is 0.195 e. The first-order valence-corrected chi connectivity index (χ1v) is 4.64. The van der Waals surface area contributed by atoms with Gasteiger partial charge in [-0.25, -0.2) is 0 Å². The molecular weight excluding hydrogens is 190 g/mol. The molecule has 5 heteroatoms. The summed E-state index contributed by atoms with van der Waals surface area (Å²) in [4.78, 5) is 4.18. The van der Waals surface area contributed by atoms with Crippen molar-refractivity contribution in [1.29, 1.82) is 5.26 Å². The van der Waals surface area contributed by atoms with Crippen LogP contribution in [0.2, 0.25) is 0 Å². The van der Waals surface area contributed by atoms with E-state index in [0.717, 1.165) is 18.8 Å². The van der Waals surface area contributed by atoms with Crippen LogP contribution in [0.15, 0.2) is 23.2 Å². The summed E-state index contributed by atoms with van der Waals surface area (Å²) in [5, 5.41) is 15.0. The molecular formula is C10H11N5. The first-order chi connectivity index (χ1) is 7.29. The van der Waals surface area contributed by atoms with Gasteiger partial charge in [0.25, 0.3) is 0 Å². The summed E-state index contributed by atoms with van der Waals surface area (Å²) in [5.41, 5.74) is 7.41. The molecule has 0 saturated carbocycles. The van der Waals surface area contributed by atoms with Crippen LogP contribution in [0.25, 0.3) is 0 Å². The SMILES string of the molecule is N#Cc1cc(N)ccc1NC1=NCCN1. The van der Waals surface area contributed by atoms with Gasteiger partial charge in [-0.15, -0.1) is 0 Å². The lowest BCUT2D eigenvalue weighted by atomic mass is 10.2. The van der Waals surface area contributed by atoms with Gasteiger partial charge >= 0.3 is 0 Å². The van der Waals surface area contributed by atoms with Gasteiger partial charge in [0.1, 0.15) is 6.07 Å². The maximum atomic E-state index is 8.91. The van der Waals surface area contributed by atoms with Gasteiger partial charge in [0.15, 0.2) is 5.96 Å². The predicted octanol–water partition coefficient (Wildman–Crippen LogP) is 0.512. The number of hydrogen-bond donors (Lipinski definition) is 3. The fraction of sp³-hybridized carbons (Fsp3) is 0.200. The molecule has 0 aliphatic carbocycles. The van der Waals surface area contributed by atoms with Gasteiger partial charge in [-0.1, -0.05) is 0 Å². The number of guanidine groups is 1. The molecule has 1 aliphatic heterocycles. The number of nitrogens with one attached hydrogen (secondary N) is 2. The van der Waals surface area contributed by atoms with Gasteiger partial charge in [0.05, 0.1) is 17.8 Å². The van der Waals surface area contributed by atoms with E-state index in [1.54, 1.807) is 18.2 Å². The van der Waals surface area contributed by atoms with E-state index in [0.29, 0.717) is 17.2 Å².